The van der Waals surface area contributed by atoms with Gasteiger partial charge in [0.2, 0.25) is 0 Å². The van der Waals surface area contributed by atoms with Crippen molar-refractivity contribution >= 4 is 0 Å². The van der Waals surface area contributed by atoms with E-state index in [2.05, 4.69) is 53.3 Å². The van der Waals surface area contributed by atoms with Crippen molar-refractivity contribution in [1.82, 2.24) is 9.97 Å². The number of aromatic nitrogens is 2. The monoisotopic (exact) mass is 376 g/mol. The number of allylic oxidation sites excluding steroid dienone is 4. The van der Waals surface area contributed by atoms with E-state index < -0.39 is 5.69 Å². The van der Waals surface area contributed by atoms with Gasteiger partial charge in [-0.1, -0.05) is 54.1 Å². The summed E-state index contributed by atoms with van der Waals surface area (Å²) in [6.07, 6.45) is 14.9. The molecule has 1 aromatic heterocycles. The van der Waals surface area contributed by atoms with E-state index in [4.69, 9.17) is 0 Å². The van der Waals surface area contributed by atoms with E-state index in [1.807, 2.05) is 12.1 Å². The Morgan fingerprint density at radius 3 is 2.57 bits per heavy atom. The predicted octanol–water partition coefficient (Wildman–Crippen LogP) is 4.37. The van der Waals surface area contributed by atoms with Gasteiger partial charge in [0.05, 0.1) is 0 Å². The molecule has 0 amide bonds. The summed E-state index contributed by atoms with van der Waals surface area (Å²) in [4.78, 5) is 30.0. The van der Waals surface area contributed by atoms with E-state index in [-0.39, 0.29) is 11.5 Å². The first-order valence-corrected chi connectivity index (χ1v) is 10.3. The van der Waals surface area contributed by atoms with E-state index in [9.17, 15) is 9.59 Å². The molecule has 4 rings (SSSR count). The summed E-state index contributed by atoms with van der Waals surface area (Å²) in [5.41, 5.74) is 3.21. The number of aryl methyl sites for hydroxylation is 1. The van der Waals surface area contributed by atoms with Gasteiger partial charge in [-0.05, 0) is 62.3 Å². The molecular weight excluding hydrogens is 348 g/mol. The van der Waals surface area contributed by atoms with Crippen molar-refractivity contribution in [3.63, 3.8) is 0 Å². The number of benzene rings is 1. The summed E-state index contributed by atoms with van der Waals surface area (Å²) in [5.74, 6) is 1.59. The van der Waals surface area contributed by atoms with E-state index >= 15 is 0 Å². The molecule has 1 fully saturated rings. The molecule has 28 heavy (non-hydrogen) atoms. The van der Waals surface area contributed by atoms with Crippen molar-refractivity contribution in [2.24, 2.45) is 11.8 Å². The van der Waals surface area contributed by atoms with Gasteiger partial charge < -0.3 is 4.98 Å². The molecule has 1 unspecified atom stereocenters. The highest BCUT2D eigenvalue weighted by atomic mass is 16.2. The van der Waals surface area contributed by atoms with Crippen LogP contribution in [0.2, 0.25) is 0 Å². The Morgan fingerprint density at radius 2 is 1.86 bits per heavy atom. The summed E-state index contributed by atoms with van der Waals surface area (Å²) in [5, 5.41) is 0. The van der Waals surface area contributed by atoms with Gasteiger partial charge in [0.15, 0.2) is 0 Å². The summed E-state index contributed by atoms with van der Waals surface area (Å²) < 4.78 is 0. The summed E-state index contributed by atoms with van der Waals surface area (Å²) in [6.45, 7) is 2.05. The van der Waals surface area contributed by atoms with Crippen LogP contribution in [-0.2, 0) is 6.42 Å². The van der Waals surface area contributed by atoms with Crippen LogP contribution >= 0.6 is 0 Å². The second-order valence-electron chi connectivity index (χ2n) is 8.29. The lowest BCUT2D eigenvalue weighted by atomic mass is 9.72. The molecule has 0 spiro atoms. The number of H-pyrrole nitrogens is 2. The Bertz CT molecular complexity index is 1000. The van der Waals surface area contributed by atoms with Crippen molar-refractivity contribution in [1.29, 1.82) is 0 Å². The minimum atomic E-state index is -0.393. The van der Waals surface area contributed by atoms with Crippen molar-refractivity contribution in [3.8, 4) is 0 Å². The summed E-state index contributed by atoms with van der Waals surface area (Å²) in [7, 11) is 0. The highest BCUT2D eigenvalue weighted by Gasteiger charge is 2.29. The Balaban J connectivity index is 1.56. The third-order valence-corrected chi connectivity index (χ3v) is 6.34. The van der Waals surface area contributed by atoms with Crippen LogP contribution in [0.1, 0.15) is 60.4 Å². The van der Waals surface area contributed by atoms with Gasteiger partial charge in [-0.2, -0.15) is 0 Å². The molecule has 1 atom stereocenters. The maximum atomic E-state index is 12.6. The molecule has 4 heteroatoms. The zero-order chi connectivity index (χ0) is 19.5. The zero-order valence-electron chi connectivity index (χ0n) is 16.4. The van der Waals surface area contributed by atoms with Gasteiger partial charge in [-0.25, -0.2) is 4.79 Å². The van der Waals surface area contributed by atoms with Gasteiger partial charge in [0.25, 0.3) is 5.56 Å². The lowest BCUT2D eigenvalue weighted by molar-refractivity contribution is 0.262. The molecule has 0 aliphatic heterocycles. The molecule has 146 valence electrons. The number of hydrogen-bond acceptors (Lipinski definition) is 2. The second-order valence-corrected chi connectivity index (χ2v) is 8.29. The van der Waals surface area contributed by atoms with Crippen molar-refractivity contribution in [2.75, 3.05) is 0 Å². The normalized spacial score (nSPS) is 24.4. The average Bonchev–Trinajstić information content (AvgIpc) is 2.71. The number of hydrogen-bond donors (Lipinski definition) is 2. The molecule has 0 radical (unpaired) electrons. The second kappa shape index (κ2) is 8.17. The fraction of sp³-hybridized carbons (Fsp3) is 0.417. The van der Waals surface area contributed by atoms with Crippen LogP contribution in [0.5, 0.6) is 0 Å². The number of aromatic amines is 2. The molecule has 2 aliphatic rings. The minimum Gasteiger partial charge on any atom is -0.311 e. The standard InChI is InChI=1S/C24H28N2O2/c1-16-6-5-7-17(14-16)15-21-22(25-24(28)26-23(21)27)20-12-10-19(11-13-20)18-8-3-2-4-9-18/h2-8,14,18-20H,9-13,15H2,1H3,(H2,25,26,27,28)/t18?,19-,20-. The molecule has 2 N–H and O–H groups in total. The first kappa shape index (κ1) is 18.7. The van der Waals surface area contributed by atoms with E-state index in [1.54, 1.807) is 0 Å². The number of rotatable bonds is 4. The summed E-state index contributed by atoms with van der Waals surface area (Å²) >= 11 is 0. The van der Waals surface area contributed by atoms with Crippen LogP contribution in [0.15, 0.2) is 58.2 Å². The van der Waals surface area contributed by atoms with Crippen LogP contribution in [0.4, 0.5) is 0 Å². The Morgan fingerprint density at radius 1 is 1.04 bits per heavy atom. The van der Waals surface area contributed by atoms with Gasteiger partial charge in [0, 0.05) is 17.7 Å². The first-order chi connectivity index (χ1) is 13.6. The third kappa shape index (κ3) is 4.11. The Kier molecular flexibility index (Phi) is 5.47. The zero-order valence-corrected chi connectivity index (χ0v) is 16.4. The van der Waals surface area contributed by atoms with Crippen LogP contribution in [0.25, 0.3) is 0 Å². The lowest BCUT2D eigenvalue weighted by Crippen LogP contribution is -2.31. The fourth-order valence-corrected chi connectivity index (χ4v) is 4.87. The molecule has 4 nitrogen and oxygen atoms in total. The largest absolute Gasteiger partial charge is 0.325 e. The highest BCUT2D eigenvalue weighted by Crippen LogP contribution is 2.40. The molecule has 2 aliphatic carbocycles. The summed E-state index contributed by atoms with van der Waals surface area (Å²) in [6, 6.07) is 8.22. The van der Waals surface area contributed by atoms with E-state index in [0.29, 0.717) is 23.8 Å². The quantitative estimate of drug-likeness (QED) is 0.832. The lowest BCUT2D eigenvalue weighted by Gasteiger charge is -2.33. The highest BCUT2D eigenvalue weighted by molar-refractivity contribution is 5.31. The molecular formula is C24H28N2O2. The van der Waals surface area contributed by atoms with Crippen LogP contribution in [0, 0.1) is 18.8 Å². The SMILES string of the molecule is Cc1cccc(Cc2c(=O)[nH]c(=O)[nH]c2[C@H]2CC[C@H](C3C=CC=CC3)CC2)c1. The van der Waals surface area contributed by atoms with E-state index in [0.717, 1.165) is 43.4 Å². The molecule has 0 saturated heterocycles. The Hall–Kier alpha value is -2.62. The first-order valence-electron chi connectivity index (χ1n) is 10.3. The average molecular weight is 377 g/mol. The van der Waals surface area contributed by atoms with Crippen molar-refractivity contribution in [3.05, 3.63) is 91.8 Å². The van der Waals surface area contributed by atoms with Gasteiger partial charge >= 0.3 is 5.69 Å². The molecule has 1 aromatic carbocycles. The Labute approximate surface area is 165 Å². The van der Waals surface area contributed by atoms with Crippen molar-refractivity contribution in [2.45, 2.75) is 51.4 Å². The van der Waals surface area contributed by atoms with Gasteiger partial charge in [0.1, 0.15) is 0 Å². The molecule has 1 saturated carbocycles. The smallest absolute Gasteiger partial charge is 0.311 e. The van der Waals surface area contributed by atoms with Crippen LogP contribution in [0.3, 0.4) is 0 Å². The predicted molar refractivity (Wildman–Crippen MR) is 113 cm³/mol. The van der Waals surface area contributed by atoms with Crippen LogP contribution < -0.4 is 11.2 Å². The fourth-order valence-electron chi connectivity index (χ4n) is 4.87. The molecule has 2 aromatic rings. The van der Waals surface area contributed by atoms with Gasteiger partial charge in [-0.3, -0.25) is 9.78 Å². The topological polar surface area (TPSA) is 65.7 Å². The third-order valence-electron chi connectivity index (χ3n) is 6.34. The molecule has 1 heterocycles. The van der Waals surface area contributed by atoms with Crippen molar-refractivity contribution < 1.29 is 0 Å². The van der Waals surface area contributed by atoms with Crippen LogP contribution in [-0.4, -0.2) is 9.97 Å². The molecule has 0 bridgehead atoms. The van der Waals surface area contributed by atoms with Gasteiger partial charge in [-0.15, -0.1) is 0 Å². The minimum absolute atomic E-state index is 0.247. The maximum absolute atomic E-state index is 12.6. The number of nitrogens with one attached hydrogen (secondary N) is 2. The van der Waals surface area contributed by atoms with E-state index in [1.165, 1.54) is 5.56 Å². The maximum Gasteiger partial charge on any atom is 0.325 e.